The maximum absolute atomic E-state index is 12.0. The van der Waals surface area contributed by atoms with E-state index in [9.17, 15) is 4.79 Å². The fraction of sp³-hybridized carbons (Fsp3) is 0.471. The molecule has 0 saturated carbocycles. The number of aromatic nitrogens is 2. The molecule has 0 radical (unpaired) electrons. The summed E-state index contributed by atoms with van der Waals surface area (Å²) in [5.41, 5.74) is 0.957. The van der Waals surface area contributed by atoms with Crippen LogP contribution in [0.2, 0.25) is 0 Å². The summed E-state index contributed by atoms with van der Waals surface area (Å²) in [4.78, 5) is 18.4. The summed E-state index contributed by atoms with van der Waals surface area (Å²) < 4.78 is 5.22. The molecular formula is C17H24N4O2. The molecule has 1 heterocycles. The highest BCUT2D eigenvalue weighted by molar-refractivity contribution is 5.91. The third-order valence-corrected chi connectivity index (χ3v) is 3.04. The first-order chi connectivity index (χ1) is 10.8. The number of anilines is 1. The Morgan fingerprint density at radius 3 is 2.61 bits per heavy atom. The largest absolute Gasteiger partial charge is 0.338 e. The van der Waals surface area contributed by atoms with Crippen LogP contribution < -0.4 is 5.32 Å². The number of para-hydroxylation sites is 1. The van der Waals surface area contributed by atoms with Gasteiger partial charge in [0.25, 0.3) is 0 Å². The number of benzene rings is 1. The number of nitrogens with zero attached hydrogens (tertiary/aromatic N) is 3. The lowest BCUT2D eigenvalue weighted by Gasteiger charge is -2.25. The van der Waals surface area contributed by atoms with Crippen molar-refractivity contribution in [3.63, 3.8) is 0 Å². The molecule has 6 heteroatoms. The van der Waals surface area contributed by atoms with Crippen molar-refractivity contribution in [3.8, 4) is 0 Å². The fourth-order valence-electron chi connectivity index (χ4n) is 2.39. The van der Waals surface area contributed by atoms with Crippen LogP contribution in [0.1, 0.15) is 32.5 Å². The molecule has 0 aliphatic carbocycles. The maximum Gasteiger partial charge on any atom is 0.240 e. The number of carbonyl (C=O) groups excluding carboxylic acids is 1. The zero-order valence-electron chi connectivity index (χ0n) is 14.2. The van der Waals surface area contributed by atoms with E-state index in [1.54, 1.807) is 0 Å². The number of hydrogen-bond acceptors (Lipinski definition) is 5. The Labute approximate surface area is 136 Å². The van der Waals surface area contributed by atoms with Gasteiger partial charge in [0.2, 0.25) is 11.8 Å². The van der Waals surface area contributed by atoms with Crippen molar-refractivity contribution in [1.29, 1.82) is 0 Å². The fourth-order valence-corrected chi connectivity index (χ4v) is 2.39. The van der Waals surface area contributed by atoms with E-state index >= 15 is 0 Å². The Morgan fingerprint density at radius 1 is 1.26 bits per heavy atom. The molecule has 2 rings (SSSR count). The van der Waals surface area contributed by atoms with Gasteiger partial charge in [-0.25, -0.2) is 0 Å². The minimum atomic E-state index is -0.161. The van der Waals surface area contributed by atoms with E-state index in [2.05, 4.69) is 41.1 Å². The summed E-state index contributed by atoms with van der Waals surface area (Å²) in [5, 5.41) is 6.67. The molecule has 2 aromatic rings. The second-order valence-corrected chi connectivity index (χ2v) is 6.93. The average molecular weight is 316 g/mol. The summed E-state index contributed by atoms with van der Waals surface area (Å²) in [6, 6.07) is 9.30. The van der Waals surface area contributed by atoms with Crippen LogP contribution >= 0.6 is 0 Å². The average Bonchev–Trinajstić information content (AvgIpc) is 2.84. The molecular weight excluding hydrogens is 292 g/mol. The van der Waals surface area contributed by atoms with Gasteiger partial charge in [-0.15, -0.1) is 0 Å². The molecule has 23 heavy (non-hydrogen) atoms. The normalized spacial score (nSPS) is 11.7. The molecule has 1 amide bonds. The number of hydrogen-bond donors (Lipinski definition) is 1. The van der Waals surface area contributed by atoms with Crippen molar-refractivity contribution in [2.75, 3.05) is 18.9 Å². The Kier molecular flexibility index (Phi) is 5.50. The summed E-state index contributed by atoms with van der Waals surface area (Å²) in [5.74, 6) is 0.767. The highest BCUT2D eigenvalue weighted by Gasteiger charge is 2.17. The molecule has 0 spiro atoms. The zero-order chi connectivity index (χ0) is 16.9. The number of nitrogens with one attached hydrogen (secondary N) is 1. The van der Waals surface area contributed by atoms with Gasteiger partial charge in [-0.2, -0.15) is 4.98 Å². The topological polar surface area (TPSA) is 71.3 Å². The molecule has 0 aliphatic rings. The lowest BCUT2D eigenvalue weighted by atomic mass is 9.96. The van der Waals surface area contributed by atoms with Crippen LogP contribution in [0.25, 0.3) is 0 Å². The van der Waals surface area contributed by atoms with E-state index in [1.165, 1.54) is 0 Å². The first kappa shape index (κ1) is 17.1. The van der Waals surface area contributed by atoms with Gasteiger partial charge in [0.1, 0.15) is 0 Å². The molecule has 1 aromatic carbocycles. The van der Waals surface area contributed by atoms with Crippen LogP contribution in [0.3, 0.4) is 0 Å². The molecule has 1 N–H and O–H groups in total. The molecule has 124 valence electrons. The van der Waals surface area contributed by atoms with Crippen molar-refractivity contribution in [1.82, 2.24) is 15.0 Å². The van der Waals surface area contributed by atoms with Crippen LogP contribution in [0.4, 0.5) is 5.69 Å². The number of amides is 1. The first-order valence-electron chi connectivity index (χ1n) is 7.67. The molecule has 0 fully saturated rings. The molecule has 0 atom stereocenters. The van der Waals surface area contributed by atoms with Gasteiger partial charge in [-0.3, -0.25) is 9.69 Å². The van der Waals surface area contributed by atoms with Gasteiger partial charge in [-0.05, 0) is 24.6 Å². The minimum absolute atomic E-state index is 0.0986. The predicted molar refractivity (Wildman–Crippen MR) is 88.9 cm³/mol. The monoisotopic (exact) mass is 316 g/mol. The predicted octanol–water partition coefficient (Wildman–Crippen LogP) is 2.73. The van der Waals surface area contributed by atoms with Gasteiger partial charge in [0.05, 0.1) is 13.0 Å². The quantitative estimate of drug-likeness (QED) is 0.887. The van der Waals surface area contributed by atoms with E-state index in [0.717, 1.165) is 12.2 Å². The van der Waals surface area contributed by atoms with Crippen LogP contribution in [-0.4, -0.2) is 34.5 Å². The van der Waals surface area contributed by atoms with E-state index in [0.29, 0.717) is 18.3 Å². The molecule has 0 unspecified atom stereocenters. The van der Waals surface area contributed by atoms with Crippen molar-refractivity contribution >= 4 is 11.6 Å². The standard InChI is InChI=1S/C17H24N4O2/c1-17(2,3)12-21(4)11-16-19-14(20-23-16)10-15(22)18-13-8-6-5-7-9-13/h5-9H,10-12H2,1-4H3,(H,18,22). The van der Waals surface area contributed by atoms with Crippen LogP contribution in [0.15, 0.2) is 34.9 Å². The van der Waals surface area contributed by atoms with Gasteiger partial charge >= 0.3 is 0 Å². The smallest absolute Gasteiger partial charge is 0.240 e. The SMILES string of the molecule is CN(Cc1nc(CC(=O)Nc2ccccc2)no1)CC(C)(C)C. The lowest BCUT2D eigenvalue weighted by Crippen LogP contribution is -2.29. The molecule has 0 saturated heterocycles. The summed E-state index contributed by atoms with van der Waals surface area (Å²) in [6.45, 7) is 8.02. The third kappa shape index (κ3) is 6.20. The van der Waals surface area contributed by atoms with Crippen molar-refractivity contribution in [3.05, 3.63) is 42.0 Å². The maximum atomic E-state index is 12.0. The Hall–Kier alpha value is -2.21. The molecule has 0 bridgehead atoms. The highest BCUT2D eigenvalue weighted by atomic mass is 16.5. The summed E-state index contributed by atoms with van der Waals surface area (Å²) in [7, 11) is 2.01. The minimum Gasteiger partial charge on any atom is -0.338 e. The molecule has 1 aromatic heterocycles. The van der Waals surface area contributed by atoms with Crippen LogP contribution in [-0.2, 0) is 17.8 Å². The Bertz CT molecular complexity index is 632. The van der Waals surface area contributed by atoms with Crippen LogP contribution in [0.5, 0.6) is 0 Å². The second kappa shape index (κ2) is 7.37. The Balaban J connectivity index is 1.86. The van der Waals surface area contributed by atoms with Gasteiger partial charge in [-0.1, -0.05) is 44.1 Å². The molecule has 0 aliphatic heterocycles. The lowest BCUT2D eigenvalue weighted by molar-refractivity contribution is -0.115. The van der Waals surface area contributed by atoms with Crippen molar-refractivity contribution in [2.45, 2.75) is 33.7 Å². The number of rotatable bonds is 6. The van der Waals surface area contributed by atoms with E-state index in [-0.39, 0.29) is 17.7 Å². The summed E-state index contributed by atoms with van der Waals surface area (Å²) >= 11 is 0. The zero-order valence-corrected chi connectivity index (χ0v) is 14.2. The van der Waals surface area contributed by atoms with Crippen molar-refractivity contribution in [2.24, 2.45) is 5.41 Å². The second-order valence-electron chi connectivity index (χ2n) is 6.93. The Morgan fingerprint density at radius 2 is 1.96 bits per heavy atom. The van der Waals surface area contributed by atoms with Gasteiger partial charge in [0, 0.05) is 12.2 Å². The van der Waals surface area contributed by atoms with E-state index in [1.807, 2.05) is 37.4 Å². The van der Waals surface area contributed by atoms with E-state index in [4.69, 9.17) is 4.52 Å². The van der Waals surface area contributed by atoms with Gasteiger partial charge < -0.3 is 9.84 Å². The number of carbonyl (C=O) groups is 1. The van der Waals surface area contributed by atoms with Crippen molar-refractivity contribution < 1.29 is 9.32 Å². The molecule has 6 nitrogen and oxygen atoms in total. The first-order valence-corrected chi connectivity index (χ1v) is 7.67. The highest BCUT2D eigenvalue weighted by Crippen LogP contribution is 2.15. The van der Waals surface area contributed by atoms with E-state index < -0.39 is 0 Å². The third-order valence-electron chi connectivity index (χ3n) is 3.04. The van der Waals surface area contributed by atoms with Crippen LogP contribution in [0, 0.1) is 5.41 Å². The van der Waals surface area contributed by atoms with Gasteiger partial charge in [0.15, 0.2) is 5.82 Å². The summed E-state index contributed by atoms with van der Waals surface area (Å²) in [6.07, 6.45) is 0.0986.